The molecule has 0 spiro atoms. The van der Waals surface area contributed by atoms with Crippen molar-refractivity contribution in [3.05, 3.63) is 41.5 Å². The molecule has 0 heterocycles. The normalized spacial score (nSPS) is 33.0. The summed E-state index contributed by atoms with van der Waals surface area (Å²) in [5.74, 6) is 5.72. The molecule has 6 rings (SSSR count). The first-order chi connectivity index (χ1) is 20.6. The minimum Gasteiger partial charge on any atom is -0.491 e. The van der Waals surface area contributed by atoms with E-state index in [2.05, 4.69) is 19.1 Å². The van der Waals surface area contributed by atoms with Crippen molar-refractivity contribution >= 4 is 0 Å². The van der Waals surface area contributed by atoms with E-state index in [1.54, 1.807) is 57.6 Å². The molecular weight excluding hydrogens is 522 g/mol. The molecule has 1 aromatic rings. The van der Waals surface area contributed by atoms with Crippen molar-refractivity contribution in [3.8, 4) is 5.75 Å². The molecule has 1 nitrogen and oxygen atoms in total. The van der Waals surface area contributed by atoms with Gasteiger partial charge in [-0.05, 0) is 150 Å². The Bertz CT molecular complexity index is 951. The fourth-order valence-electron chi connectivity index (χ4n) is 10.1. The van der Waals surface area contributed by atoms with Crippen molar-refractivity contribution < 1.29 is 13.5 Å². The topological polar surface area (TPSA) is 9.23 Å². The number of ether oxygens (including phenoxy) is 1. The Hall–Kier alpha value is -1.38. The predicted octanol–water partition coefficient (Wildman–Crippen LogP) is 12.2. The molecule has 0 atom stereocenters. The molecule has 1 aromatic carbocycles. The summed E-state index contributed by atoms with van der Waals surface area (Å²) in [6, 6.07) is 3.31. The summed E-state index contributed by atoms with van der Waals surface area (Å²) < 4.78 is 33.5. The maximum Gasteiger partial charge on any atom is 0.200 e. The monoisotopic (exact) mass is 582 g/mol. The van der Waals surface area contributed by atoms with E-state index >= 15 is 0 Å². The molecule has 5 fully saturated rings. The zero-order chi connectivity index (χ0) is 29.3. The van der Waals surface area contributed by atoms with Gasteiger partial charge in [-0.1, -0.05) is 69.6 Å². The summed E-state index contributed by atoms with van der Waals surface area (Å²) >= 11 is 0. The van der Waals surface area contributed by atoms with Crippen LogP contribution in [0.4, 0.5) is 8.78 Å². The van der Waals surface area contributed by atoms with Crippen LogP contribution in [-0.4, -0.2) is 6.61 Å². The highest BCUT2D eigenvalue weighted by Gasteiger charge is 2.34. The molecule has 3 heteroatoms. The summed E-state index contributed by atoms with van der Waals surface area (Å²) in [6.45, 7) is 4.30. The highest BCUT2D eigenvalue weighted by Crippen LogP contribution is 2.46. The third-order valence-corrected chi connectivity index (χ3v) is 12.5. The molecule has 0 N–H and O–H groups in total. The number of hydrogen-bond acceptors (Lipinski definition) is 1. The lowest BCUT2D eigenvalue weighted by atomic mass is 9.67. The summed E-state index contributed by atoms with van der Waals surface area (Å²) in [6.07, 6.45) is 33.0. The van der Waals surface area contributed by atoms with Gasteiger partial charge >= 0.3 is 0 Å². The molecule has 236 valence electrons. The lowest BCUT2D eigenvalue weighted by molar-refractivity contribution is 0.132. The van der Waals surface area contributed by atoms with Crippen molar-refractivity contribution in [1.29, 1.82) is 0 Å². The smallest absolute Gasteiger partial charge is 0.200 e. The molecule has 5 aliphatic carbocycles. The number of halogens is 2. The Labute approximate surface area is 256 Å². The van der Waals surface area contributed by atoms with Gasteiger partial charge in [0.2, 0.25) is 5.82 Å². The molecule has 0 amide bonds. The third kappa shape index (κ3) is 8.20. The molecule has 0 aliphatic heterocycles. The molecule has 5 aliphatic rings. The minimum absolute atomic E-state index is 0.0309. The van der Waals surface area contributed by atoms with Gasteiger partial charge in [0.15, 0.2) is 11.6 Å². The molecule has 42 heavy (non-hydrogen) atoms. The first-order valence-corrected chi connectivity index (χ1v) is 18.3. The van der Waals surface area contributed by atoms with Gasteiger partial charge in [0.25, 0.3) is 0 Å². The van der Waals surface area contributed by atoms with E-state index in [1.807, 2.05) is 0 Å². The van der Waals surface area contributed by atoms with Crippen LogP contribution in [0.25, 0.3) is 0 Å². The highest BCUT2D eigenvalue weighted by molar-refractivity contribution is 5.33. The van der Waals surface area contributed by atoms with Crippen LogP contribution < -0.4 is 4.74 Å². The van der Waals surface area contributed by atoms with Crippen LogP contribution in [0.1, 0.15) is 154 Å². The average Bonchev–Trinajstić information content (AvgIpc) is 3.77. The van der Waals surface area contributed by atoms with Crippen molar-refractivity contribution in [2.45, 2.75) is 148 Å². The first-order valence-electron chi connectivity index (χ1n) is 18.3. The Morgan fingerprint density at radius 1 is 0.595 bits per heavy atom. The molecule has 0 bridgehead atoms. The van der Waals surface area contributed by atoms with Crippen LogP contribution in [-0.2, 0) is 0 Å². The standard InChI is InChI=1S/C20H34.C19H26F2O/c1-2-5-16-8-10-18(11-9-16)20-14-12-19(13-15-20)17-6-3-4-7-17;1-2-22-17-12-11-16(18(20)19(17)21)15-9-7-14(8-10-15)13-5-3-4-6-13/h2,5,16-20H,3-4,6-15H2,1H3;11-15H,2-10H2,1H3/b5-2+;. The van der Waals surface area contributed by atoms with Crippen LogP contribution in [0.5, 0.6) is 5.75 Å². The largest absolute Gasteiger partial charge is 0.491 e. The van der Waals surface area contributed by atoms with E-state index in [0.717, 1.165) is 54.3 Å². The van der Waals surface area contributed by atoms with Gasteiger partial charge in [0.05, 0.1) is 6.61 Å². The summed E-state index contributed by atoms with van der Waals surface area (Å²) in [4.78, 5) is 0. The molecule has 0 radical (unpaired) electrons. The number of rotatable bonds is 7. The number of hydrogen-bond donors (Lipinski definition) is 0. The SMILES string of the molecule is C/C=C/C1CCC(C2CCC(C3CCCC3)CC2)CC1.CCOc1ccc(C2CCC(C3CCCC3)CC2)c(F)c1F. The third-order valence-electron chi connectivity index (χ3n) is 12.5. The maximum absolute atomic E-state index is 14.3. The zero-order valence-corrected chi connectivity index (χ0v) is 26.9. The van der Waals surface area contributed by atoms with Gasteiger partial charge in [-0.25, -0.2) is 4.39 Å². The van der Waals surface area contributed by atoms with Crippen LogP contribution in [0, 0.1) is 53.1 Å². The molecule has 0 unspecified atom stereocenters. The van der Waals surface area contributed by atoms with Crippen LogP contribution >= 0.6 is 0 Å². The Kier molecular flexibility index (Phi) is 12.3. The summed E-state index contributed by atoms with van der Waals surface area (Å²) in [7, 11) is 0. The van der Waals surface area contributed by atoms with Crippen molar-refractivity contribution in [2.75, 3.05) is 6.61 Å². The lowest BCUT2D eigenvalue weighted by Crippen LogP contribution is -2.27. The predicted molar refractivity (Wildman–Crippen MR) is 172 cm³/mol. The number of allylic oxidation sites excluding steroid dienone is 2. The van der Waals surface area contributed by atoms with E-state index in [9.17, 15) is 8.78 Å². The summed E-state index contributed by atoms with van der Waals surface area (Å²) in [5.41, 5.74) is 0.547. The lowest BCUT2D eigenvalue weighted by Gasteiger charge is -2.39. The second-order valence-electron chi connectivity index (χ2n) is 14.8. The fraction of sp³-hybridized carbons (Fsp3) is 0.795. The van der Waals surface area contributed by atoms with E-state index in [0.29, 0.717) is 12.2 Å². The van der Waals surface area contributed by atoms with E-state index in [1.165, 1.54) is 77.0 Å². The van der Waals surface area contributed by atoms with E-state index in [4.69, 9.17) is 4.74 Å². The van der Waals surface area contributed by atoms with Gasteiger partial charge in [0.1, 0.15) is 0 Å². The van der Waals surface area contributed by atoms with Crippen molar-refractivity contribution in [2.24, 2.45) is 41.4 Å². The van der Waals surface area contributed by atoms with Gasteiger partial charge < -0.3 is 4.74 Å². The van der Waals surface area contributed by atoms with Crippen LogP contribution in [0.15, 0.2) is 24.3 Å². The second-order valence-corrected chi connectivity index (χ2v) is 14.8. The Morgan fingerprint density at radius 2 is 1.02 bits per heavy atom. The van der Waals surface area contributed by atoms with Crippen LogP contribution in [0.2, 0.25) is 0 Å². The molecular formula is C39H60F2O. The minimum atomic E-state index is -0.822. The van der Waals surface area contributed by atoms with Gasteiger partial charge in [-0.2, -0.15) is 4.39 Å². The molecule has 0 aromatic heterocycles. The van der Waals surface area contributed by atoms with Crippen molar-refractivity contribution in [1.82, 2.24) is 0 Å². The number of benzene rings is 1. The quantitative estimate of drug-likeness (QED) is 0.291. The van der Waals surface area contributed by atoms with Crippen molar-refractivity contribution in [3.63, 3.8) is 0 Å². The van der Waals surface area contributed by atoms with E-state index < -0.39 is 11.6 Å². The average molecular weight is 583 g/mol. The Balaban J connectivity index is 0.000000169. The summed E-state index contributed by atoms with van der Waals surface area (Å²) in [5, 5.41) is 0. The first kappa shape index (κ1) is 32.0. The fourth-order valence-corrected chi connectivity index (χ4v) is 10.1. The maximum atomic E-state index is 14.3. The van der Waals surface area contributed by atoms with Crippen LogP contribution in [0.3, 0.4) is 0 Å². The zero-order valence-electron chi connectivity index (χ0n) is 26.9. The van der Waals surface area contributed by atoms with E-state index in [-0.39, 0.29) is 11.7 Å². The van der Waals surface area contributed by atoms with Gasteiger partial charge in [-0.15, -0.1) is 0 Å². The van der Waals surface area contributed by atoms with Gasteiger partial charge in [0, 0.05) is 0 Å². The highest BCUT2D eigenvalue weighted by atomic mass is 19.2. The molecule has 0 saturated heterocycles. The Morgan fingerprint density at radius 3 is 1.48 bits per heavy atom. The second kappa shape index (κ2) is 16.1. The van der Waals surface area contributed by atoms with Gasteiger partial charge in [-0.3, -0.25) is 0 Å². The molecule has 5 saturated carbocycles.